The van der Waals surface area contributed by atoms with Crippen molar-refractivity contribution in [1.82, 2.24) is 9.88 Å². The zero-order chi connectivity index (χ0) is 19.2. The van der Waals surface area contributed by atoms with E-state index in [1.54, 1.807) is 23.6 Å². The first-order chi connectivity index (χ1) is 13.8. The molecule has 0 aliphatic heterocycles. The number of hydrogen-bond acceptors (Lipinski definition) is 4. The Morgan fingerprint density at radius 1 is 0.964 bits per heavy atom. The molecule has 0 bridgehead atoms. The van der Waals surface area contributed by atoms with Gasteiger partial charge in [-0.3, -0.25) is 9.78 Å². The van der Waals surface area contributed by atoms with Crippen molar-refractivity contribution in [3.8, 4) is 5.75 Å². The van der Waals surface area contributed by atoms with Crippen molar-refractivity contribution in [3.05, 3.63) is 96.7 Å². The van der Waals surface area contributed by atoms with E-state index in [9.17, 15) is 4.79 Å². The van der Waals surface area contributed by atoms with E-state index in [2.05, 4.69) is 4.98 Å². The van der Waals surface area contributed by atoms with E-state index in [-0.39, 0.29) is 12.5 Å². The van der Waals surface area contributed by atoms with E-state index in [4.69, 9.17) is 9.15 Å². The van der Waals surface area contributed by atoms with Gasteiger partial charge in [0.1, 0.15) is 11.5 Å². The number of nitrogens with zero attached hydrogens (tertiary/aromatic N) is 2. The summed E-state index contributed by atoms with van der Waals surface area (Å²) in [7, 11) is 0. The van der Waals surface area contributed by atoms with Crippen LogP contribution >= 0.6 is 0 Å². The zero-order valence-corrected chi connectivity index (χ0v) is 15.3. The number of aromatic nitrogens is 1. The SMILES string of the molecule is O=C(COc1ccc2ccccc2c1)N(Cc1cccnc1)Cc1ccco1. The van der Waals surface area contributed by atoms with Gasteiger partial charge < -0.3 is 14.1 Å². The lowest BCUT2D eigenvalue weighted by Crippen LogP contribution is -2.34. The summed E-state index contributed by atoms with van der Waals surface area (Å²) >= 11 is 0. The minimum Gasteiger partial charge on any atom is -0.484 e. The molecule has 2 aromatic carbocycles. The van der Waals surface area contributed by atoms with E-state index in [0.29, 0.717) is 18.8 Å². The topological polar surface area (TPSA) is 55.6 Å². The number of rotatable bonds is 7. The van der Waals surface area contributed by atoms with Crippen LogP contribution in [0.1, 0.15) is 11.3 Å². The predicted octanol–water partition coefficient (Wildman–Crippen LogP) is 4.44. The molecule has 5 heteroatoms. The Bertz CT molecular complexity index is 1050. The summed E-state index contributed by atoms with van der Waals surface area (Å²) in [5, 5.41) is 2.22. The Morgan fingerprint density at radius 2 is 1.86 bits per heavy atom. The first kappa shape index (κ1) is 17.8. The fourth-order valence-electron chi connectivity index (χ4n) is 3.03. The molecule has 0 saturated carbocycles. The highest BCUT2D eigenvalue weighted by molar-refractivity contribution is 5.84. The van der Waals surface area contributed by atoms with Crippen LogP contribution in [0.15, 0.2) is 89.8 Å². The number of fused-ring (bicyclic) bond motifs is 1. The lowest BCUT2D eigenvalue weighted by molar-refractivity contribution is -0.134. The summed E-state index contributed by atoms with van der Waals surface area (Å²) in [5.74, 6) is 1.28. The maximum Gasteiger partial charge on any atom is 0.261 e. The highest BCUT2D eigenvalue weighted by Gasteiger charge is 2.17. The molecule has 0 radical (unpaired) electrons. The van der Waals surface area contributed by atoms with Crippen LogP contribution in [0.3, 0.4) is 0 Å². The normalized spacial score (nSPS) is 10.7. The Balaban J connectivity index is 1.46. The van der Waals surface area contributed by atoms with Crippen LogP contribution in [0.2, 0.25) is 0 Å². The average molecular weight is 372 g/mol. The molecule has 0 N–H and O–H groups in total. The van der Waals surface area contributed by atoms with E-state index in [0.717, 1.165) is 22.1 Å². The molecule has 2 heterocycles. The average Bonchev–Trinajstić information content (AvgIpc) is 3.25. The number of benzene rings is 2. The molecule has 0 aliphatic rings. The zero-order valence-electron chi connectivity index (χ0n) is 15.3. The molecule has 28 heavy (non-hydrogen) atoms. The van der Waals surface area contributed by atoms with Crippen molar-refractivity contribution in [3.63, 3.8) is 0 Å². The number of carbonyl (C=O) groups is 1. The van der Waals surface area contributed by atoms with Crippen LogP contribution in [-0.2, 0) is 17.9 Å². The van der Waals surface area contributed by atoms with E-state index >= 15 is 0 Å². The lowest BCUT2D eigenvalue weighted by Gasteiger charge is -2.22. The Morgan fingerprint density at radius 3 is 2.64 bits per heavy atom. The van der Waals surface area contributed by atoms with Crippen molar-refractivity contribution < 1.29 is 13.9 Å². The Labute approximate surface area is 163 Å². The lowest BCUT2D eigenvalue weighted by atomic mass is 10.1. The quantitative estimate of drug-likeness (QED) is 0.481. The molecule has 1 amide bonds. The Kier molecular flexibility index (Phi) is 5.33. The predicted molar refractivity (Wildman–Crippen MR) is 107 cm³/mol. The molecular formula is C23H20N2O3. The van der Waals surface area contributed by atoms with Crippen molar-refractivity contribution in [2.75, 3.05) is 6.61 Å². The third kappa shape index (κ3) is 4.38. The summed E-state index contributed by atoms with van der Waals surface area (Å²) in [4.78, 5) is 18.7. The number of carbonyl (C=O) groups excluding carboxylic acids is 1. The number of ether oxygens (including phenoxy) is 1. The van der Waals surface area contributed by atoms with Gasteiger partial charge in [0.2, 0.25) is 0 Å². The number of amides is 1. The fourth-order valence-corrected chi connectivity index (χ4v) is 3.03. The van der Waals surface area contributed by atoms with Gasteiger partial charge in [0.25, 0.3) is 5.91 Å². The molecule has 2 aromatic heterocycles. The molecule has 0 spiro atoms. The van der Waals surface area contributed by atoms with Crippen LogP contribution in [0.25, 0.3) is 10.8 Å². The summed E-state index contributed by atoms with van der Waals surface area (Å²) < 4.78 is 11.2. The second-order valence-electron chi connectivity index (χ2n) is 6.49. The summed E-state index contributed by atoms with van der Waals surface area (Å²) in [6.07, 6.45) is 5.07. The van der Waals surface area contributed by atoms with E-state index in [1.807, 2.05) is 66.7 Å². The molecule has 0 fully saturated rings. The summed E-state index contributed by atoms with van der Waals surface area (Å²) in [5.41, 5.74) is 0.952. The molecule has 0 unspecified atom stereocenters. The highest BCUT2D eigenvalue weighted by Crippen LogP contribution is 2.21. The molecule has 140 valence electrons. The molecule has 5 nitrogen and oxygen atoms in total. The molecule has 0 saturated heterocycles. The monoisotopic (exact) mass is 372 g/mol. The van der Waals surface area contributed by atoms with Crippen LogP contribution in [0.5, 0.6) is 5.75 Å². The van der Waals surface area contributed by atoms with Gasteiger partial charge in [0.05, 0.1) is 12.8 Å². The standard InChI is InChI=1S/C23H20N2O3/c26-23(17-28-21-10-9-19-6-1-2-7-20(19)13-21)25(16-22-8-4-12-27-22)15-18-5-3-11-24-14-18/h1-14H,15-17H2. The second kappa shape index (κ2) is 8.39. The van der Waals surface area contributed by atoms with Crippen molar-refractivity contribution >= 4 is 16.7 Å². The van der Waals surface area contributed by atoms with Crippen LogP contribution in [0.4, 0.5) is 0 Å². The molecule has 4 aromatic rings. The van der Waals surface area contributed by atoms with Crippen molar-refractivity contribution in [2.45, 2.75) is 13.1 Å². The largest absolute Gasteiger partial charge is 0.484 e. The molecule has 4 rings (SSSR count). The van der Waals surface area contributed by atoms with Crippen LogP contribution < -0.4 is 4.74 Å². The van der Waals surface area contributed by atoms with Gasteiger partial charge in [-0.25, -0.2) is 0 Å². The first-order valence-corrected chi connectivity index (χ1v) is 9.08. The van der Waals surface area contributed by atoms with Gasteiger partial charge in [-0.1, -0.05) is 36.4 Å². The third-order valence-corrected chi connectivity index (χ3v) is 4.46. The number of pyridine rings is 1. The van der Waals surface area contributed by atoms with Crippen molar-refractivity contribution in [1.29, 1.82) is 0 Å². The number of hydrogen-bond donors (Lipinski definition) is 0. The van der Waals surface area contributed by atoms with E-state index in [1.165, 1.54) is 0 Å². The minimum atomic E-state index is -0.117. The molecular weight excluding hydrogens is 352 g/mol. The van der Waals surface area contributed by atoms with Crippen molar-refractivity contribution in [2.24, 2.45) is 0 Å². The van der Waals surface area contributed by atoms with Gasteiger partial charge in [-0.05, 0) is 46.7 Å². The summed E-state index contributed by atoms with van der Waals surface area (Å²) in [6, 6.07) is 21.3. The third-order valence-electron chi connectivity index (χ3n) is 4.46. The van der Waals surface area contributed by atoms with Gasteiger partial charge in [-0.2, -0.15) is 0 Å². The second-order valence-corrected chi connectivity index (χ2v) is 6.49. The molecule has 0 aliphatic carbocycles. The highest BCUT2D eigenvalue weighted by atomic mass is 16.5. The minimum absolute atomic E-state index is 0.0424. The first-order valence-electron chi connectivity index (χ1n) is 9.08. The Hall–Kier alpha value is -3.60. The van der Waals surface area contributed by atoms with Gasteiger partial charge in [0, 0.05) is 18.9 Å². The maximum absolute atomic E-state index is 12.8. The van der Waals surface area contributed by atoms with Gasteiger partial charge in [-0.15, -0.1) is 0 Å². The maximum atomic E-state index is 12.8. The fraction of sp³-hybridized carbons (Fsp3) is 0.130. The summed E-state index contributed by atoms with van der Waals surface area (Å²) in [6.45, 7) is 0.773. The smallest absolute Gasteiger partial charge is 0.261 e. The van der Waals surface area contributed by atoms with E-state index < -0.39 is 0 Å². The van der Waals surface area contributed by atoms with Gasteiger partial charge in [0.15, 0.2) is 6.61 Å². The van der Waals surface area contributed by atoms with Gasteiger partial charge >= 0.3 is 0 Å². The molecule has 0 atom stereocenters. The van der Waals surface area contributed by atoms with Crippen LogP contribution in [-0.4, -0.2) is 22.4 Å². The van der Waals surface area contributed by atoms with Crippen LogP contribution in [0, 0.1) is 0 Å². The number of furan rings is 1.